The van der Waals surface area contributed by atoms with Crippen LogP contribution in [0, 0.1) is 5.92 Å². The van der Waals surface area contributed by atoms with Crippen LogP contribution < -0.4 is 4.74 Å². The van der Waals surface area contributed by atoms with E-state index in [2.05, 4.69) is 4.74 Å². The molecular weight excluding hydrogens is 274 g/mol. The van der Waals surface area contributed by atoms with Gasteiger partial charge >= 0.3 is 6.61 Å². The lowest BCUT2D eigenvalue weighted by Crippen LogP contribution is -2.17. The lowest BCUT2D eigenvalue weighted by Gasteiger charge is -2.13. The Labute approximate surface area is 121 Å². The van der Waals surface area contributed by atoms with Gasteiger partial charge in [-0.25, -0.2) is 0 Å². The number of hydrogen-bond acceptors (Lipinski definition) is 2. The fraction of sp³-hybridized carbons (Fsp3) is 0.235. The molecule has 0 N–H and O–H groups in total. The molecule has 108 valence electrons. The summed E-state index contributed by atoms with van der Waals surface area (Å²) < 4.78 is 29.3. The van der Waals surface area contributed by atoms with Crippen molar-refractivity contribution in [3.05, 3.63) is 65.2 Å². The zero-order valence-electron chi connectivity index (χ0n) is 11.3. The molecule has 2 aromatic rings. The number of carbonyl (C=O) groups is 1. The fourth-order valence-corrected chi connectivity index (χ4v) is 2.83. The first kappa shape index (κ1) is 13.7. The normalized spacial score (nSPS) is 14.2. The second kappa shape index (κ2) is 5.64. The summed E-state index contributed by atoms with van der Waals surface area (Å²) in [5.41, 5.74) is 2.54. The maximum absolute atomic E-state index is 12.6. The van der Waals surface area contributed by atoms with Crippen LogP contribution in [-0.4, -0.2) is 12.4 Å². The van der Waals surface area contributed by atoms with Crippen LogP contribution in [0.5, 0.6) is 5.75 Å². The molecule has 1 aliphatic rings. The zero-order valence-corrected chi connectivity index (χ0v) is 11.3. The van der Waals surface area contributed by atoms with Gasteiger partial charge in [0, 0.05) is 5.92 Å². The number of carbonyl (C=O) groups excluding carboxylic acids is 1. The number of Topliss-reactive ketones (excluding diaryl/α,β-unsaturated/α-hetero) is 1. The first-order chi connectivity index (χ1) is 10.1. The minimum absolute atomic E-state index is 0.0477. The second-order valence-corrected chi connectivity index (χ2v) is 5.11. The summed E-state index contributed by atoms with van der Waals surface area (Å²) in [6.45, 7) is -2.93. The third-order valence-electron chi connectivity index (χ3n) is 3.79. The summed E-state index contributed by atoms with van der Waals surface area (Å²) in [6.07, 6.45) is 1.30. The number of alkyl halides is 2. The standard InChI is InChI=1S/C17H14F2O2/c18-17(19)21-15-8-4-3-7-14(15)16(20)13-9-11-5-1-2-6-12(11)10-13/h1-8,13,17H,9-10H2. The van der Waals surface area contributed by atoms with Gasteiger partial charge in [0.15, 0.2) is 5.78 Å². The zero-order chi connectivity index (χ0) is 14.8. The van der Waals surface area contributed by atoms with E-state index < -0.39 is 6.61 Å². The fourth-order valence-electron chi connectivity index (χ4n) is 2.83. The Hall–Kier alpha value is -2.23. The van der Waals surface area contributed by atoms with Crippen molar-refractivity contribution < 1.29 is 18.3 Å². The summed E-state index contributed by atoms with van der Waals surface area (Å²) in [4.78, 5) is 12.6. The van der Waals surface area contributed by atoms with Gasteiger partial charge in [-0.2, -0.15) is 8.78 Å². The molecule has 0 unspecified atom stereocenters. The average molecular weight is 288 g/mol. The number of ketones is 1. The predicted molar refractivity (Wildman–Crippen MR) is 74.7 cm³/mol. The minimum Gasteiger partial charge on any atom is -0.434 e. The molecule has 21 heavy (non-hydrogen) atoms. The Balaban J connectivity index is 1.84. The number of halogens is 2. The van der Waals surface area contributed by atoms with Crippen molar-refractivity contribution in [3.63, 3.8) is 0 Å². The Morgan fingerprint density at radius 2 is 1.57 bits per heavy atom. The van der Waals surface area contributed by atoms with Crippen LogP contribution in [0.15, 0.2) is 48.5 Å². The van der Waals surface area contributed by atoms with Gasteiger partial charge in [0.1, 0.15) is 5.75 Å². The topological polar surface area (TPSA) is 26.3 Å². The van der Waals surface area contributed by atoms with Gasteiger partial charge in [-0.15, -0.1) is 0 Å². The van der Waals surface area contributed by atoms with E-state index in [0.29, 0.717) is 12.8 Å². The maximum Gasteiger partial charge on any atom is 0.387 e. The number of ether oxygens (including phenoxy) is 1. The first-order valence-electron chi connectivity index (χ1n) is 6.80. The third kappa shape index (κ3) is 2.79. The monoisotopic (exact) mass is 288 g/mol. The van der Waals surface area contributed by atoms with Crippen LogP contribution in [0.3, 0.4) is 0 Å². The molecule has 0 saturated heterocycles. The van der Waals surface area contributed by atoms with Crippen LogP contribution in [-0.2, 0) is 12.8 Å². The van der Waals surface area contributed by atoms with Crippen molar-refractivity contribution in [2.45, 2.75) is 19.5 Å². The quantitative estimate of drug-likeness (QED) is 0.798. The second-order valence-electron chi connectivity index (χ2n) is 5.11. The highest BCUT2D eigenvalue weighted by molar-refractivity contribution is 6.01. The van der Waals surface area contributed by atoms with Crippen molar-refractivity contribution in [1.82, 2.24) is 0 Å². The molecule has 4 heteroatoms. The van der Waals surface area contributed by atoms with Gasteiger partial charge in [-0.1, -0.05) is 36.4 Å². The van der Waals surface area contributed by atoms with Crippen molar-refractivity contribution in [2.24, 2.45) is 5.92 Å². The maximum atomic E-state index is 12.6. The molecule has 0 amide bonds. The van der Waals surface area contributed by atoms with E-state index in [1.165, 1.54) is 6.07 Å². The average Bonchev–Trinajstić information content (AvgIpc) is 2.90. The van der Waals surface area contributed by atoms with E-state index in [1.807, 2.05) is 24.3 Å². The molecular formula is C17H14F2O2. The number of para-hydroxylation sites is 1. The molecule has 2 nitrogen and oxygen atoms in total. The van der Waals surface area contributed by atoms with Crippen molar-refractivity contribution in [1.29, 1.82) is 0 Å². The Morgan fingerprint density at radius 3 is 2.19 bits per heavy atom. The molecule has 0 bridgehead atoms. The van der Waals surface area contributed by atoms with Gasteiger partial charge in [-0.3, -0.25) is 4.79 Å². The van der Waals surface area contributed by atoms with E-state index >= 15 is 0 Å². The lowest BCUT2D eigenvalue weighted by atomic mass is 9.94. The number of fused-ring (bicyclic) bond motifs is 1. The van der Waals surface area contributed by atoms with Crippen LogP contribution in [0.1, 0.15) is 21.5 Å². The van der Waals surface area contributed by atoms with Crippen molar-refractivity contribution >= 4 is 5.78 Å². The summed E-state index contributed by atoms with van der Waals surface area (Å²) in [5.74, 6) is -0.388. The first-order valence-corrected chi connectivity index (χ1v) is 6.80. The number of hydrogen-bond donors (Lipinski definition) is 0. The summed E-state index contributed by atoms with van der Waals surface area (Å²) in [7, 11) is 0. The molecule has 0 heterocycles. The molecule has 0 radical (unpaired) electrons. The van der Waals surface area contributed by atoms with E-state index in [9.17, 15) is 13.6 Å². The molecule has 0 aliphatic heterocycles. The van der Waals surface area contributed by atoms with Gasteiger partial charge < -0.3 is 4.74 Å². The highest BCUT2D eigenvalue weighted by Crippen LogP contribution is 2.31. The molecule has 1 aliphatic carbocycles. The van der Waals surface area contributed by atoms with Gasteiger partial charge in [0.25, 0.3) is 0 Å². The Morgan fingerprint density at radius 1 is 1.00 bits per heavy atom. The van der Waals surface area contributed by atoms with E-state index in [-0.39, 0.29) is 23.0 Å². The smallest absolute Gasteiger partial charge is 0.387 e. The Kier molecular flexibility index (Phi) is 3.69. The SMILES string of the molecule is O=C(c1ccccc1OC(F)F)C1Cc2ccccc2C1. The number of rotatable bonds is 4. The minimum atomic E-state index is -2.93. The molecule has 0 saturated carbocycles. The highest BCUT2D eigenvalue weighted by Gasteiger charge is 2.29. The highest BCUT2D eigenvalue weighted by atomic mass is 19.3. The molecule has 0 atom stereocenters. The van der Waals surface area contributed by atoms with Crippen molar-refractivity contribution in [3.8, 4) is 5.75 Å². The van der Waals surface area contributed by atoms with Gasteiger partial charge in [0.05, 0.1) is 5.56 Å². The van der Waals surface area contributed by atoms with Crippen molar-refractivity contribution in [2.75, 3.05) is 0 Å². The van der Waals surface area contributed by atoms with Crippen LogP contribution in [0.4, 0.5) is 8.78 Å². The van der Waals surface area contributed by atoms with Gasteiger partial charge in [0.2, 0.25) is 0 Å². The van der Waals surface area contributed by atoms with Crippen LogP contribution >= 0.6 is 0 Å². The van der Waals surface area contributed by atoms with E-state index in [1.54, 1.807) is 18.2 Å². The summed E-state index contributed by atoms with van der Waals surface area (Å²) >= 11 is 0. The van der Waals surface area contributed by atoms with Gasteiger partial charge in [-0.05, 0) is 36.1 Å². The summed E-state index contributed by atoms with van der Waals surface area (Å²) in [5, 5.41) is 0. The summed E-state index contributed by atoms with van der Waals surface area (Å²) in [6, 6.07) is 14.1. The molecule has 0 spiro atoms. The third-order valence-corrected chi connectivity index (χ3v) is 3.79. The molecule has 2 aromatic carbocycles. The number of benzene rings is 2. The van der Waals surface area contributed by atoms with E-state index in [0.717, 1.165) is 11.1 Å². The largest absolute Gasteiger partial charge is 0.434 e. The predicted octanol–water partition coefficient (Wildman–Crippen LogP) is 3.89. The molecule has 0 aromatic heterocycles. The molecule has 0 fully saturated rings. The van der Waals surface area contributed by atoms with Crippen LogP contribution in [0.2, 0.25) is 0 Å². The van der Waals surface area contributed by atoms with Crippen LogP contribution in [0.25, 0.3) is 0 Å². The Bertz CT molecular complexity index is 642. The molecule has 3 rings (SSSR count). The van der Waals surface area contributed by atoms with E-state index in [4.69, 9.17) is 0 Å². The lowest BCUT2D eigenvalue weighted by molar-refractivity contribution is -0.0501.